The van der Waals surface area contributed by atoms with E-state index in [1.54, 1.807) is 23.5 Å². The normalized spacial score (nSPS) is 19.9. The summed E-state index contributed by atoms with van der Waals surface area (Å²) in [7, 11) is 0. The van der Waals surface area contributed by atoms with E-state index in [1.165, 1.54) is 18.5 Å². The first kappa shape index (κ1) is 9.99. The third-order valence-corrected chi connectivity index (χ3v) is 3.62. The first-order valence-electron chi connectivity index (χ1n) is 6.33. The van der Waals surface area contributed by atoms with E-state index in [9.17, 15) is 0 Å². The molecule has 0 N–H and O–H groups in total. The predicted octanol–water partition coefficient (Wildman–Crippen LogP) is 1.01. The fourth-order valence-electron chi connectivity index (χ4n) is 2.34. The number of anilines is 1. The highest BCUT2D eigenvalue weighted by Gasteiger charge is 2.32. The van der Waals surface area contributed by atoms with Crippen LogP contribution >= 0.6 is 0 Å². The van der Waals surface area contributed by atoms with Crippen molar-refractivity contribution in [3.05, 3.63) is 30.5 Å². The van der Waals surface area contributed by atoms with Gasteiger partial charge in [0.2, 0.25) is 0 Å². The molecular formula is C12H14N6. The number of hydrogen-bond acceptors (Lipinski definition) is 5. The molecule has 1 aliphatic carbocycles. The summed E-state index contributed by atoms with van der Waals surface area (Å²) >= 11 is 0. The van der Waals surface area contributed by atoms with Crippen LogP contribution in [0, 0.1) is 0 Å². The molecule has 92 valence electrons. The molecule has 2 fully saturated rings. The molecule has 0 atom stereocenters. The molecule has 6 heteroatoms. The molecule has 0 radical (unpaired) electrons. The minimum absolute atomic E-state index is 0.374. The summed E-state index contributed by atoms with van der Waals surface area (Å²) in [5.41, 5.74) is 1.20. The van der Waals surface area contributed by atoms with Gasteiger partial charge in [-0.2, -0.15) is 15.0 Å². The van der Waals surface area contributed by atoms with Crippen molar-refractivity contribution >= 4 is 5.82 Å². The second-order valence-electron chi connectivity index (χ2n) is 4.98. The first-order valence-corrected chi connectivity index (χ1v) is 6.33. The summed E-state index contributed by atoms with van der Waals surface area (Å²) in [6.07, 6.45) is 7.67. The zero-order valence-electron chi connectivity index (χ0n) is 9.98. The Balaban J connectivity index is 1.47. The van der Waals surface area contributed by atoms with Crippen LogP contribution in [0.4, 0.5) is 5.82 Å². The Hall–Kier alpha value is -1.98. The van der Waals surface area contributed by atoms with Crippen LogP contribution in [0.1, 0.15) is 30.5 Å². The quantitative estimate of drug-likeness (QED) is 0.803. The Morgan fingerprint density at radius 1 is 1.06 bits per heavy atom. The number of hydrogen-bond donors (Lipinski definition) is 0. The van der Waals surface area contributed by atoms with Gasteiger partial charge in [-0.25, -0.2) is 9.97 Å². The monoisotopic (exact) mass is 242 g/mol. The van der Waals surface area contributed by atoms with E-state index in [1.807, 2.05) is 0 Å². The van der Waals surface area contributed by atoms with Crippen LogP contribution in [0.3, 0.4) is 0 Å². The van der Waals surface area contributed by atoms with E-state index in [-0.39, 0.29) is 0 Å². The topological polar surface area (TPSA) is 59.7 Å². The summed E-state index contributed by atoms with van der Waals surface area (Å²) in [6, 6.07) is 2.50. The zero-order chi connectivity index (χ0) is 11.9. The van der Waals surface area contributed by atoms with E-state index in [0.29, 0.717) is 12.0 Å². The molecule has 18 heavy (non-hydrogen) atoms. The summed E-state index contributed by atoms with van der Waals surface area (Å²) in [6.45, 7) is 1.85. The van der Waals surface area contributed by atoms with Gasteiger partial charge in [-0.05, 0) is 12.8 Å². The van der Waals surface area contributed by atoms with Crippen molar-refractivity contribution in [2.75, 3.05) is 18.0 Å². The van der Waals surface area contributed by atoms with Gasteiger partial charge in [0, 0.05) is 30.8 Å². The van der Waals surface area contributed by atoms with Crippen LogP contribution in [0.5, 0.6) is 0 Å². The van der Waals surface area contributed by atoms with Crippen molar-refractivity contribution in [1.82, 2.24) is 25.0 Å². The van der Waals surface area contributed by atoms with Gasteiger partial charge in [-0.1, -0.05) is 0 Å². The lowest BCUT2D eigenvalue weighted by molar-refractivity contribution is 0.330. The van der Waals surface area contributed by atoms with Crippen molar-refractivity contribution in [2.45, 2.75) is 24.8 Å². The number of aromatic nitrogens is 5. The Kier molecular flexibility index (Phi) is 2.09. The van der Waals surface area contributed by atoms with Gasteiger partial charge in [-0.3, -0.25) is 0 Å². The Morgan fingerprint density at radius 3 is 2.56 bits per heavy atom. The summed E-state index contributed by atoms with van der Waals surface area (Å²) in [4.78, 5) is 12.7. The van der Waals surface area contributed by atoms with Crippen molar-refractivity contribution in [3.63, 3.8) is 0 Å². The van der Waals surface area contributed by atoms with E-state index in [4.69, 9.17) is 0 Å². The molecular weight excluding hydrogens is 228 g/mol. The third kappa shape index (κ3) is 1.64. The molecule has 6 nitrogen and oxygen atoms in total. The molecule has 2 aromatic heterocycles. The molecule has 0 aromatic carbocycles. The molecule has 1 saturated carbocycles. The van der Waals surface area contributed by atoms with Crippen LogP contribution in [0.2, 0.25) is 0 Å². The summed E-state index contributed by atoms with van der Waals surface area (Å²) in [5.74, 6) is 1.71. The smallest absolute Gasteiger partial charge is 0.132 e. The molecule has 0 bridgehead atoms. The van der Waals surface area contributed by atoms with Gasteiger partial charge in [0.15, 0.2) is 0 Å². The molecule has 0 amide bonds. The third-order valence-electron chi connectivity index (χ3n) is 3.62. The van der Waals surface area contributed by atoms with E-state index in [0.717, 1.165) is 18.9 Å². The fourth-order valence-corrected chi connectivity index (χ4v) is 2.34. The van der Waals surface area contributed by atoms with Crippen molar-refractivity contribution in [3.8, 4) is 0 Å². The molecule has 1 aliphatic heterocycles. The molecule has 4 rings (SSSR count). The van der Waals surface area contributed by atoms with Crippen molar-refractivity contribution in [2.24, 2.45) is 0 Å². The van der Waals surface area contributed by atoms with Crippen LogP contribution in [0.15, 0.2) is 24.8 Å². The fraction of sp³-hybridized carbons (Fsp3) is 0.500. The number of nitrogens with zero attached hydrogens (tertiary/aromatic N) is 6. The average Bonchev–Trinajstić information content (AvgIpc) is 3.06. The second-order valence-corrected chi connectivity index (χ2v) is 4.98. The van der Waals surface area contributed by atoms with Gasteiger partial charge in [0.05, 0.1) is 12.4 Å². The van der Waals surface area contributed by atoms with Gasteiger partial charge in [0.1, 0.15) is 18.2 Å². The second kappa shape index (κ2) is 3.76. The Bertz CT molecular complexity index is 541. The van der Waals surface area contributed by atoms with Crippen LogP contribution in [0.25, 0.3) is 0 Å². The number of rotatable bonds is 3. The molecule has 3 heterocycles. The maximum Gasteiger partial charge on any atom is 0.132 e. The van der Waals surface area contributed by atoms with E-state index in [2.05, 4.69) is 31.1 Å². The maximum atomic E-state index is 4.35. The standard InChI is InChI=1S/C12H14N6/c1-2-9(1)11-5-12(14-8-13-11)17-6-10(7-17)18-15-3-4-16-18/h3-5,8-10H,1-2,6-7H2. The molecule has 0 unspecified atom stereocenters. The Morgan fingerprint density at radius 2 is 1.83 bits per heavy atom. The van der Waals surface area contributed by atoms with Crippen molar-refractivity contribution < 1.29 is 0 Å². The predicted molar refractivity (Wildman–Crippen MR) is 65.3 cm³/mol. The van der Waals surface area contributed by atoms with Crippen LogP contribution in [-0.2, 0) is 0 Å². The molecule has 0 spiro atoms. The molecule has 1 saturated heterocycles. The molecule has 2 aliphatic rings. The highest BCUT2D eigenvalue weighted by atomic mass is 15.5. The molecule has 2 aromatic rings. The minimum atomic E-state index is 0.374. The lowest BCUT2D eigenvalue weighted by atomic mass is 10.1. The lowest BCUT2D eigenvalue weighted by Crippen LogP contribution is -2.49. The van der Waals surface area contributed by atoms with Crippen LogP contribution < -0.4 is 4.90 Å². The SMILES string of the molecule is c1nc(C2CC2)cc(N2CC(n3nccn3)C2)n1. The van der Waals surface area contributed by atoms with Gasteiger partial charge in [0.25, 0.3) is 0 Å². The first-order chi connectivity index (χ1) is 8.90. The lowest BCUT2D eigenvalue weighted by Gasteiger charge is -2.39. The van der Waals surface area contributed by atoms with E-state index < -0.39 is 0 Å². The summed E-state index contributed by atoms with van der Waals surface area (Å²) in [5, 5.41) is 8.34. The van der Waals surface area contributed by atoms with Gasteiger partial charge in [-0.15, -0.1) is 0 Å². The highest BCUT2D eigenvalue weighted by Crippen LogP contribution is 2.39. The van der Waals surface area contributed by atoms with Gasteiger partial charge < -0.3 is 4.90 Å². The van der Waals surface area contributed by atoms with Gasteiger partial charge >= 0.3 is 0 Å². The largest absolute Gasteiger partial charge is 0.352 e. The highest BCUT2D eigenvalue weighted by molar-refractivity contribution is 5.43. The maximum absolute atomic E-state index is 4.35. The van der Waals surface area contributed by atoms with Crippen LogP contribution in [-0.4, -0.2) is 38.1 Å². The Labute approximate surface area is 105 Å². The van der Waals surface area contributed by atoms with Crippen molar-refractivity contribution in [1.29, 1.82) is 0 Å². The van der Waals surface area contributed by atoms with E-state index >= 15 is 0 Å². The summed E-state index contributed by atoms with van der Waals surface area (Å²) < 4.78 is 0. The average molecular weight is 242 g/mol. The zero-order valence-corrected chi connectivity index (χ0v) is 9.98. The minimum Gasteiger partial charge on any atom is -0.352 e.